The van der Waals surface area contributed by atoms with Crippen LogP contribution in [-0.2, 0) is 5.54 Å². The van der Waals surface area contributed by atoms with Crippen LogP contribution in [0.25, 0.3) is 16.8 Å². The highest BCUT2D eigenvalue weighted by Crippen LogP contribution is 2.44. The SMILES string of the molecule is O=C1Nc2ccc(Br)cc2[C@@](C#C/C=C/c2cccc3ccccc23)(C(F)(F)F)N1. The van der Waals surface area contributed by atoms with E-state index in [0.717, 1.165) is 16.3 Å². The maximum Gasteiger partial charge on any atom is 0.427 e. The zero-order valence-corrected chi connectivity index (χ0v) is 16.9. The van der Waals surface area contributed by atoms with Gasteiger partial charge in [0.05, 0.1) is 0 Å². The Morgan fingerprint density at radius 2 is 1.80 bits per heavy atom. The van der Waals surface area contributed by atoms with Gasteiger partial charge in [-0.1, -0.05) is 70.2 Å². The molecule has 0 spiro atoms. The molecule has 0 aliphatic carbocycles. The molecule has 7 heteroatoms. The van der Waals surface area contributed by atoms with Crippen LogP contribution in [0.3, 0.4) is 0 Å². The van der Waals surface area contributed by atoms with Crippen molar-refractivity contribution in [1.29, 1.82) is 0 Å². The van der Waals surface area contributed by atoms with Gasteiger partial charge in [-0.3, -0.25) is 0 Å². The topological polar surface area (TPSA) is 41.1 Å². The van der Waals surface area contributed by atoms with Crippen LogP contribution < -0.4 is 10.6 Å². The van der Waals surface area contributed by atoms with Crippen molar-refractivity contribution in [3.05, 3.63) is 82.3 Å². The summed E-state index contributed by atoms with van der Waals surface area (Å²) in [5.41, 5.74) is -2.10. The number of nitrogens with one attached hydrogen (secondary N) is 2. The third-order valence-corrected chi connectivity index (χ3v) is 5.28. The van der Waals surface area contributed by atoms with Crippen LogP contribution in [0, 0.1) is 11.8 Å². The highest BCUT2D eigenvalue weighted by molar-refractivity contribution is 9.10. The lowest BCUT2D eigenvalue weighted by Gasteiger charge is -2.37. The van der Waals surface area contributed by atoms with E-state index < -0.39 is 17.7 Å². The van der Waals surface area contributed by atoms with Gasteiger partial charge in [-0.25, -0.2) is 4.79 Å². The number of fused-ring (bicyclic) bond motifs is 2. The Morgan fingerprint density at radius 3 is 2.60 bits per heavy atom. The van der Waals surface area contributed by atoms with Crippen LogP contribution in [0.5, 0.6) is 0 Å². The summed E-state index contributed by atoms with van der Waals surface area (Å²) in [4.78, 5) is 12.0. The highest BCUT2D eigenvalue weighted by Gasteiger charge is 2.59. The molecule has 150 valence electrons. The van der Waals surface area contributed by atoms with Crippen LogP contribution in [0.4, 0.5) is 23.7 Å². The van der Waals surface area contributed by atoms with E-state index in [0.29, 0.717) is 4.47 Å². The molecule has 3 aromatic rings. The second-order valence-electron chi connectivity index (χ2n) is 6.69. The number of halogens is 4. The Kier molecular flexibility index (Phi) is 5.04. The molecule has 0 unspecified atom stereocenters. The molecule has 3 aromatic carbocycles. The molecule has 2 N–H and O–H groups in total. The number of hydrogen-bond acceptors (Lipinski definition) is 1. The summed E-state index contributed by atoms with van der Waals surface area (Å²) < 4.78 is 42.9. The molecule has 2 amide bonds. The normalized spacial score (nSPS) is 18.3. The van der Waals surface area contributed by atoms with E-state index in [1.807, 2.05) is 47.8 Å². The molecule has 0 bridgehead atoms. The van der Waals surface area contributed by atoms with Crippen molar-refractivity contribution in [3.8, 4) is 11.8 Å². The number of carbonyl (C=O) groups excluding carboxylic acids is 1. The maximum absolute atomic E-state index is 14.2. The van der Waals surface area contributed by atoms with Gasteiger partial charge in [0.15, 0.2) is 0 Å². The molecule has 0 saturated carbocycles. The van der Waals surface area contributed by atoms with Crippen molar-refractivity contribution < 1.29 is 18.0 Å². The van der Waals surface area contributed by atoms with Gasteiger partial charge in [0.2, 0.25) is 5.54 Å². The first-order chi connectivity index (χ1) is 14.3. The molecule has 1 aliphatic rings. The van der Waals surface area contributed by atoms with E-state index in [1.165, 1.54) is 18.2 Å². The summed E-state index contributed by atoms with van der Waals surface area (Å²) in [6, 6.07) is 16.7. The van der Waals surface area contributed by atoms with Gasteiger partial charge in [0, 0.05) is 15.7 Å². The monoisotopic (exact) mass is 470 g/mol. The zero-order valence-electron chi connectivity index (χ0n) is 15.3. The average Bonchev–Trinajstić information content (AvgIpc) is 2.70. The molecular formula is C23H14BrF3N2O. The molecule has 0 saturated heterocycles. The number of allylic oxidation sites excluding steroid dienone is 1. The Bertz CT molecular complexity index is 1240. The quantitative estimate of drug-likeness (QED) is 0.407. The molecule has 0 radical (unpaired) electrons. The number of benzene rings is 3. The summed E-state index contributed by atoms with van der Waals surface area (Å²) in [6.07, 6.45) is -1.81. The fraction of sp³-hybridized carbons (Fsp3) is 0.0870. The Morgan fingerprint density at radius 1 is 1.03 bits per heavy atom. The van der Waals surface area contributed by atoms with Gasteiger partial charge < -0.3 is 10.6 Å². The number of alkyl halides is 3. The first-order valence-corrected chi connectivity index (χ1v) is 9.72. The van der Waals surface area contributed by atoms with Crippen LogP contribution >= 0.6 is 15.9 Å². The molecule has 3 nitrogen and oxygen atoms in total. The van der Waals surface area contributed by atoms with E-state index in [-0.39, 0.29) is 11.3 Å². The minimum Gasteiger partial charge on any atom is -0.310 e. The second-order valence-corrected chi connectivity index (χ2v) is 7.60. The van der Waals surface area contributed by atoms with Crippen molar-refractivity contribution in [1.82, 2.24) is 5.32 Å². The molecule has 4 rings (SSSR count). The standard InChI is InChI=1S/C23H14BrF3N2O/c24-17-11-12-20-19(14-17)22(23(25,26)27,29-21(30)28-20)13-4-3-7-16-9-5-8-15-6-1-2-10-18(15)16/h1-3,5-12,14H,(H2,28,29,30)/b7-3+/t22-/m0/s1. The lowest BCUT2D eigenvalue weighted by Crippen LogP contribution is -2.59. The molecular weight excluding hydrogens is 457 g/mol. The number of hydrogen-bond donors (Lipinski definition) is 2. The van der Waals surface area contributed by atoms with Crippen molar-refractivity contribution in [3.63, 3.8) is 0 Å². The first kappa shape index (κ1) is 20.0. The van der Waals surface area contributed by atoms with Crippen LogP contribution in [0.2, 0.25) is 0 Å². The number of urea groups is 1. The van der Waals surface area contributed by atoms with Gasteiger partial charge in [-0.15, -0.1) is 0 Å². The average molecular weight is 471 g/mol. The van der Waals surface area contributed by atoms with E-state index >= 15 is 0 Å². The van der Waals surface area contributed by atoms with E-state index in [1.54, 1.807) is 12.1 Å². The Hall–Kier alpha value is -3.24. The van der Waals surface area contributed by atoms with Crippen molar-refractivity contribution in [2.75, 3.05) is 5.32 Å². The Labute approximate surface area is 179 Å². The fourth-order valence-corrected chi connectivity index (χ4v) is 3.76. The van der Waals surface area contributed by atoms with Crippen LogP contribution in [0.1, 0.15) is 11.1 Å². The highest BCUT2D eigenvalue weighted by atomic mass is 79.9. The molecule has 1 aliphatic heterocycles. The lowest BCUT2D eigenvalue weighted by molar-refractivity contribution is -0.178. The molecule has 30 heavy (non-hydrogen) atoms. The number of anilines is 1. The fourth-order valence-electron chi connectivity index (χ4n) is 3.40. The maximum atomic E-state index is 14.2. The third-order valence-electron chi connectivity index (χ3n) is 4.79. The number of rotatable bonds is 1. The first-order valence-electron chi connectivity index (χ1n) is 8.93. The lowest BCUT2D eigenvalue weighted by atomic mass is 9.86. The van der Waals surface area contributed by atoms with Crippen LogP contribution in [0.15, 0.2) is 71.2 Å². The van der Waals surface area contributed by atoms with E-state index in [4.69, 9.17) is 0 Å². The Balaban J connectivity index is 1.79. The molecule has 1 atom stereocenters. The van der Waals surface area contributed by atoms with Gasteiger partial charge in [-0.2, -0.15) is 13.2 Å². The van der Waals surface area contributed by atoms with Crippen molar-refractivity contribution >= 4 is 44.5 Å². The van der Waals surface area contributed by atoms with Gasteiger partial charge in [-0.05, 0) is 46.7 Å². The second kappa shape index (κ2) is 7.54. The largest absolute Gasteiger partial charge is 0.427 e. The smallest absolute Gasteiger partial charge is 0.310 e. The van der Waals surface area contributed by atoms with Gasteiger partial charge >= 0.3 is 12.2 Å². The molecule has 1 heterocycles. The summed E-state index contributed by atoms with van der Waals surface area (Å²) in [6.45, 7) is 0. The summed E-state index contributed by atoms with van der Waals surface area (Å²) in [7, 11) is 0. The van der Waals surface area contributed by atoms with Crippen molar-refractivity contribution in [2.45, 2.75) is 11.7 Å². The third kappa shape index (κ3) is 3.55. The number of carbonyl (C=O) groups is 1. The number of amides is 2. The summed E-state index contributed by atoms with van der Waals surface area (Å²) in [5, 5.41) is 6.35. The van der Waals surface area contributed by atoms with E-state index in [2.05, 4.69) is 33.1 Å². The molecule has 0 fully saturated rings. The van der Waals surface area contributed by atoms with E-state index in [9.17, 15) is 18.0 Å². The predicted octanol–water partition coefficient (Wildman–Crippen LogP) is 6.21. The van der Waals surface area contributed by atoms with Crippen molar-refractivity contribution in [2.24, 2.45) is 0 Å². The minimum absolute atomic E-state index is 0.0617. The molecule has 0 aromatic heterocycles. The summed E-state index contributed by atoms with van der Waals surface area (Å²) >= 11 is 3.19. The predicted molar refractivity (Wildman–Crippen MR) is 115 cm³/mol. The minimum atomic E-state index is -4.83. The summed E-state index contributed by atoms with van der Waals surface area (Å²) in [5.74, 6) is 4.74. The van der Waals surface area contributed by atoms with Crippen LogP contribution in [-0.4, -0.2) is 12.2 Å². The van der Waals surface area contributed by atoms with Gasteiger partial charge in [0.25, 0.3) is 0 Å². The zero-order chi connectivity index (χ0) is 21.4. The van der Waals surface area contributed by atoms with Gasteiger partial charge in [0.1, 0.15) is 0 Å².